The van der Waals surface area contributed by atoms with Gasteiger partial charge in [0, 0.05) is 32.8 Å². The average Bonchev–Trinajstić information content (AvgIpc) is 2.95. The molecule has 3 aromatic rings. The number of hydrogen-bond acceptors (Lipinski definition) is 3. The van der Waals surface area contributed by atoms with Crippen molar-refractivity contribution >= 4 is 33.7 Å². The Morgan fingerprint density at radius 1 is 1.11 bits per heavy atom. The number of carbonyl (C=O) groups is 1. The van der Waals surface area contributed by atoms with Gasteiger partial charge in [0.05, 0.1) is 12.8 Å². The molecule has 0 aliphatic heterocycles. The molecule has 0 saturated heterocycles. The van der Waals surface area contributed by atoms with E-state index in [1.165, 1.54) is 0 Å². The molecule has 2 N–H and O–H groups in total. The maximum atomic E-state index is 12.0. The van der Waals surface area contributed by atoms with Crippen molar-refractivity contribution in [2.24, 2.45) is 5.10 Å². The van der Waals surface area contributed by atoms with Crippen LogP contribution in [0.4, 0.5) is 5.69 Å². The van der Waals surface area contributed by atoms with Gasteiger partial charge in [-0.05, 0) is 56.3 Å². The van der Waals surface area contributed by atoms with E-state index >= 15 is 0 Å². The van der Waals surface area contributed by atoms with Crippen LogP contribution in [0.15, 0.2) is 70.2 Å². The van der Waals surface area contributed by atoms with Gasteiger partial charge in [-0.25, -0.2) is 5.43 Å². The van der Waals surface area contributed by atoms with Crippen molar-refractivity contribution in [2.45, 2.75) is 13.8 Å². The standard InChI is InChI=1S/C21H21BrN4O/c1-15-12-17(16(2)26(15)20-6-4-3-5-7-20)13-24-25-21(27)14-23-19-10-8-18(22)9-11-19/h3-13,23H,14H2,1-2H3,(H,25,27)/b24-13-. The van der Waals surface area contributed by atoms with Crippen LogP contribution < -0.4 is 10.7 Å². The monoisotopic (exact) mass is 424 g/mol. The van der Waals surface area contributed by atoms with Gasteiger partial charge in [0.25, 0.3) is 5.91 Å². The molecule has 27 heavy (non-hydrogen) atoms. The van der Waals surface area contributed by atoms with Gasteiger partial charge < -0.3 is 9.88 Å². The van der Waals surface area contributed by atoms with Crippen LogP contribution in [0.5, 0.6) is 0 Å². The summed E-state index contributed by atoms with van der Waals surface area (Å²) in [5.74, 6) is -0.203. The lowest BCUT2D eigenvalue weighted by Crippen LogP contribution is -2.25. The van der Waals surface area contributed by atoms with Crippen molar-refractivity contribution in [1.29, 1.82) is 0 Å². The van der Waals surface area contributed by atoms with Gasteiger partial charge in [0.15, 0.2) is 0 Å². The smallest absolute Gasteiger partial charge is 0.259 e. The van der Waals surface area contributed by atoms with Crippen molar-refractivity contribution in [3.8, 4) is 5.69 Å². The summed E-state index contributed by atoms with van der Waals surface area (Å²) in [7, 11) is 0. The molecule has 138 valence electrons. The second kappa shape index (κ2) is 8.68. The van der Waals surface area contributed by atoms with Crippen molar-refractivity contribution in [2.75, 3.05) is 11.9 Å². The van der Waals surface area contributed by atoms with Gasteiger partial charge in [-0.3, -0.25) is 4.79 Å². The average molecular weight is 425 g/mol. The summed E-state index contributed by atoms with van der Waals surface area (Å²) in [6.45, 7) is 4.25. The quantitative estimate of drug-likeness (QED) is 0.454. The molecule has 0 fully saturated rings. The molecule has 0 aliphatic carbocycles. The molecule has 0 unspecified atom stereocenters. The number of nitrogens with zero attached hydrogens (tertiary/aromatic N) is 2. The number of para-hydroxylation sites is 1. The zero-order valence-corrected chi connectivity index (χ0v) is 16.8. The number of hydrogen-bond donors (Lipinski definition) is 2. The number of benzene rings is 2. The molecule has 6 heteroatoms. The number of amides is 1. The summed E-state index contributed by atoms with van der Waals surface area (Å²) >= 11 is 3.38. The highest BCUT2D eigenvalue weighted by Crippen LogP contribution is 2.19. The predicted octanol–water partition coefficient (Wildman–Crippen LogP) is 4.42. The molecular formula is C21H21BrN4O. The molecule has 1 amide bonds. The first-order valence-corrected chi connectivity index (χ1v) is 9.39. The highest BCUT2D eigenvalue weighted by atomic mass is 79.9. The van der Waals surface area contributed by atoms with E-state index in [4.69, 9.17) is 0 Å². The second-order valence-corrected chi connectivity index (χ2v) is 7.07. The van der Waals surface area contributed by atoms with Crippen molar-refractivity contribution in [3.63, 3.8) is 0 Å². The van der Waals surface area contributed by atoms with E-state index in [2.05, 4.69) is 61.5 Å². The normalized spacial score (nSPS) is 10.9. The minimum absolute atomic E-state index is 0.155. The first kappa shape index (κ1) is 18.9. The largest absolute Gasteiger partial charge is 0.376 e. The van der Waals surface area contributed by atoms with E-state index in [-0.39, 0.29) is 12.5 Å². The molecule has 0 radical (unpaired) electrons. The van der Waals surface area contributed by atoms with Gasteiger partial charge in [-0.2, -0.15) is 5.10 Å². The zero-order chi connectivity index (χ0) is 19.2. The fourth-order valence-corrected chi connectivity index (χ4v) is 3.12. The van der Waals surface area contributed by atoms with E-state index in [1.54, 1.807) is 6.21 Å². The lowest BCUT2D eigenvalue weighted by molar-refractivity contribution is -0.119. The van der Waals surface area contributed by atoms with Gasteiger partial charge in [0.1, 0.15) is 0 Å². The maximum absolute atomic E-state index is 12.0. The molecule has 3 rings (SSSR count). The van der Waals surface area contributed by atoms with E-state index in [1.807, 2.05) is 49.4 Å². The van der Waals surface area contributed by atoms with E-state index in [0.29, 0.717) is 0 Å². The molecule has 0 atom stereocenters. The summed E-state index contributed by atoms with van der Waals surface area (Å²) in [5.41, 5.74) is 7.70. The summed E-state index contributed by atoms with van der Waals surface area (Å²) in [6, 6.07) is 19.9. The summed E-state index contributed by atoms with van der Waals surface area (Å²) in [6.07, 6.45) is 1.68. The van der Waals surface area contributed by atoms with Crippen LogP contribution >= 0.6 is 15.9 Å². The molecule has 5 nitrogen and oxygen atoms in total. The Labute approximate surface area is 167 Å². The topological polar surface area (TPSA) is 58.4 Å². The Kier molecular flexibility index (Phi) is 6.08. The van der Waals surface area contributed by atoms with Gasteiger partial charge in [-0.1, -0.05) is 34.1 Å². The Bertz CT molecular complexity index is 946. The molecular weight excluding hydrogens is 404 g/mol. The van der Waals surface area contributed by atoms with Crippen molar-refractivity contribution < 1.29 is 4.79 Å². The van der Waals surface area contributed by atoms with Gasteiger partial charge in [-0.15, -0.1) is 0 Å². The van der Waals surface area contributed by atoms with Crippen LogP contribution in [0.1, 0.15) is 17.0 Å². The Hall–Kier alpha value is -2.86. The predicted molar refractivity (Wildman–Crippen MR) is 114 cm³/mol. The SMILES string of the molecule is Cc1cc(/C=N\NC(=O)CNc2ccc(Br)cc2)c(C)n1-c1ccccc1. The first-order chi connectivity index (χ1) is 13.0. The molecule has 0 aliphatic rings. The fourth-order valence-electron chi connectivity index (χ4n) is 2.86. The third kappa shape index (κ3) is 4.86. The van der Waals surface area contributed by atoms with Gasteiger partial charge in [0.2, 0.25) is 0 Å². The highest BCUT2D eigenvalue weighted by Gasteiger charge is 2.09. The number of rotatable bonds is 6. The molecule has 0 spiro atoms. The van der Waals surface area contributed by atoms with Crippen molar-refractivity contribution in [1.82, 2.24) is 9.99 Å². The summed E-state index contributed by atoms with van der Waals surface area (Å²) in [4.78, 5) is 12.0. The molecule has 2 aromatic carbocycles. The molecule has 1 heterocycles. The van der Waals surface area contributed by atoms with Crippen LogP contribution in [-0.2, 0) is 4.79 Å². The number of nitrogens with one attached hydrogen (secondary N) is 2. The molecule has 0 saturated carbocycles. The number of anilines is 1. The Balaban J connectivity index is 1.60. The van der Waals surface area contributed by atoms with E-state index in [9.17, 15) is 4.79 Å². The minimum atomic E-state index is -0.203. The van der Waals surface area contributed by atoms with Crippen LogP contribution in [-0.4, -0.2) is 23.2 Å². The maximum Gasteiger partial charge on any atom is 0.259 e. The lowest BCUT2D eigenvalue weighted by atomic mass is 10.2. The van der Waals surface area contributed by atoms with Crippen molar-refractivity contribution in [3.05, 3.63) is 82.1 Å². The first-order valence-electron chi connectivity index (χ1n) is 8.60. The highest BCUT2D eigenvalue weighted by molar-refractivity contribution is 9.10. The Morgan fingerprint density at radius 3 is 2.52 bits per heavy atom. The van der Waals surface area contributed by atoms with Crippen LogP contribution in [0.2, 0.25) is 0 Å². The minimum Gasteiger partial charge on any atom is -0.376 e. The summed E-state index contributed by atoms with van der Waals surface area (Å²) in [5, 5.41) is 7.15. The third-order valence-corrected chi connectivity index (χ3v) is 4.70. The van der Waals surface area contributed by atoms with Crippen LogP contribution in [0, 0.1) is 13.8 Å². The van der Waals surface area contributed by atoms with E-state index in [0.717, 1.165) is 32.8 Å². The van der Waals surface area contributed by atoms with Gasteiger partial charge >= 0.3 is 0 Å². The van der Waals surface area contributed by atoms with Crippen LogP contribution in [0.25, 0.3) is 5.69 Å². The second-order valence-electron chi connectivity index (χ2n) is 6.15. The number of halogens is 1. The summed E-state index contributed by atoms with van der Waals surface area (Å²) < 4.78 is 3.16. The third-order valence-electron chi connectivity index (χ3n) is 4.17. The molecule has 1 aromatic heterocycles. The fraction of sp³-hybridized carbons (Fsp3) is 0.143. The van der Waals surface area contributed by atoms with E-state index < -0.39 is 0 Å². The number of hydrazone groups is 1. The lowest BCUT2D eigenvalue weighted by Gasteiger charge is -2.09. The Morgan fingerprint density at radius 2 is 1.81 bits per heavy atom. The number of aryl methyl sites for hydroxylation is 1. The number of aromatic nitrogens is 1. The number of carbonyl (C=O) groups excluding carboxylic acids is 1. The zero-order valence-electron chi connectivity index (χ0n) is 15.2. The molecule has 0 bridgehead atoms. The van der Waals surface area contributed by atoms with Crippen LogP contribution in [0.3, 0.4) is 0 Å².